The van der Waals surface area contributed by atoms with Crippen LogP contribution in [0.5, 0.6) is 0 Å². The maximum atomic E-state index is 15.1. The number of piperazine rings is 2. The van der Waals surface area contributed by atoms with Crippen molar-refractivity contribution in [2.45, 2.75) is 19.4 Å². The summed E-state index contributed by atoms with van der Waals surface area (Å²) in [5.41, 5.74) is 3.09. The molecule has 10 heteroatoms. The summed E-state index contributed by atoms with van der Waals surface area (Å²) in [6.45, 7) is 9.17. The molecular weight excluding hydrogens is 523 g/mol. The first kappa shape index (κ1) is 28.8. The lowest BCUT2D eigenvalue weighted by atomic mass is 10.0. The van der Waals surface area contributed by atoms with Crippen LogP contribution in [-0.2, 0) is 14.4 Å². The highest BCUT2D eigenvalue weighted by molar-refractivity contribution is 6.01. The highest BCUT2D eigenvalue weighted by Crippen LogP contribution is 2.25. The summed E-state index contributed by atoms with van der Waals surface area (Å²) in [5.74, 6) is -0.293. The predicted molar refractivity (Wildman–Crippen MR) is 158 cm³/mol. The van der Waals surface area contributed by atoms with E-state index in [1.807, 2.05) is 34.1 Å². The molecule has 41 heavy (non-hydrogen) atoms. The Kier molecular flexibility index (Phi) is 9.63. The van der Waals surface area contributed by atoms with Gasteiger partial charge in [0.15, 0.2) is 0 Å². The second kappa shape index (κ2) is 13.7. The van der Waals surface area contributed by atoms with Gasteiger partial charge in [0.2, 0.25) is 11.8 Å². The van der Waals surface area contributed by atoms with Gasteiger partial charge in [0.25, 0.3) is 0 Å². The van der Waals surface area contributed by atoms with E-state index >= 15 is 4.39 Å². The van der Waals surface area contributed by atoms with Gasteiger partial charge in [0, 0.05) is 77.8 Å². The Morgan fingerprint density at radius 2 is 1.73 bits per heavy atom. The van der Waals surface area contributed by atoms with Gasteiger partial charge in [0.1, 0.15) is 11.9 Å². The first-order chi connectivity index (χ1) is 19.9. The van der Waals surface area contributed by atoms with Gasteiger partial charge in [-0.3, -0.25) is 19.4 Å². The van der Waals surface area contributed by atoms with E-state index in [2.05, 4.69) is 44.6 Å². The molecule has 0 aromatic heterocycles. The number of hydrogen-bond acceptors (Lipinski definition) is 7. The first-order valence-corrected chi connectivity index (χ1v) is 14.4. The number of oxime groups is 1. The SMILES string of the molecule is CC(=O)NCC1CC(c2ccc(N3CCN(C(=O)CN4CCN(C/C=C/c5ccccc5)CC4)CC3)c(F)c2)=NO1. The second-order valence-electron chi connectivity index (χ2n) is 10.8. The van der Waals surface area contributed by atoms with E-state index in [0.717, 1.165) is 32.7 Å². The fourth-order valence-corrected chi connectivity index (χ4v) is 5.43. The lowest BCUT2D eigenvalue weighted by molar-refractivity contribution is -0.133. The van der Waals surface area contributed by atoms with E-state index in [0.29, 0.717) is 62.7 Å². The van der Waals surface area contributed by atoms with Gasteiger partial charge < -0.3 is 20.0 Å². The average molecular weight is 563 g/mol. The number of nitrogens with zero attached hydrogens (tertiary/aromatic N) is 5. The number of anilines is 1. The number of carbonyl (C=O) groups excluding carboxylic acids is 2. The third-order valence-electron chi connectivity index (χ3n) is 7.86. The molecule has 2 fully saturated rings. The summed E-state index contributed by atoms with van der Waals surface area (Å²) >= 11 is 0. The number of carbonyl (C=O) groups is 2. The minimum absolute atomic E-state index is 0.124. The normalized spacial score (nSPS) is 20.2. The van der Waals surface area contributed by atoms with Crippen molar-refractivity contribution in [2.24, 2.45) is 5.16 Å². The number of hydrogen-bond donors (Lipinski definition) is 1. The Morgan fingerprint density at radius 3 is 2.44 bits per heavy atom. The maximum absolute atomic E-state index is 15.1. The van der Waals surface area contributed by atoms with Gasteiger partial charge in [-0.05, 0) is 17.7 Å². The van der Waals surface area contributed by atoms with Gasteiger partial charge in [-0.2, -0.15) is 0 Å². The van der Waals surface area contributed by atoms with Crippen LogP contribution in [0.15, 0.2) is 59.8 Å². The van der Waals surface area contributed by atoms with Crippen molar-refractivity contribution >= 4 is 29.3 Å². The average Bonchev–Trinajstić information content (AvgIpc) is 3.47. The second-order valence-corrected chi connectivity index (χ2v) is 10.8. The summed E-state index contributed by atoms with van der Waals surface area (Å²) in [4.78, 5) is 38.1. The summed E-state index contributed by atoms with van der Waals surface area (Å²) in [5, 5.41) is 6.80. The Hall–Kier alpha value is -3.76. The van der Waals surface area contributed by atoms with Gasteiger partial charge in [0.05, 0.1) is 24.5 Å². The topological polar surface area (TPSA) is 80.7 Å². The fourth-order valence-electron chi connectivity index (χ4n) is 5.43. The molecule has 1 N–H and O–H groups in total. The van der Waals surface area contributed by atoms with Crippen molar-refractivity contribution in [1.29, 1.82) is 0 Å². The predicted octanol–water partition coefficient (Wildman–Crippen LogP) is 2.43. The summed E-state index contributed by atoms with van der Waals surface area (Å²) < 4.78 is 15.1. The number of benzene rings is 2. The van der Waals surface area contributed by atoms with Gasteiger partial charge >= 0.3 is 0 Å². The maximum Gasteiger partial charge on any atom is 0.236 e. The molecule has 0 spiro atoms. The molecule has 218 valence electrons. The van der Waals surface area contributed by atoms with Crippen molar-refractivity contribution in [2.75, 3.05) is 76.9 Å². The Bertz CT molecular complexity index is 1250. The molecule has 1 unspecified atom stereocenters. The molecule has 2 aromatic carbocycles. The molecular formula is C31H39FN6O3. The third-order valence-corrected chi connectivity index (χ3v) is 7.86. The molecule has 2 aromatic rings. The summed E-state index contributed by atoms with van der Waals surface area (Å²) in [6.07, 6.45) is 4.63. The highest BCUT2D eigenvalue weighted by atomic mass is 19.1. The first-order valence-electron chi connectivity index (χ1n) is 14.4. The van der Waals surface area contributed by atoms with Crippen LogP contribution in [0.25, 0.3) is 6.08 Å². The molecule has 1 atom stereocenters. The van der Waals surface area contributed by atoms with Gasteiger partial charge in [-0.25, -0.2) is 4.39 Å². The molecule has 3 heterocycles. The van der Waals surface area contributed by atoms with E-state index in [-0.39, 0.29) is 23.7 Å². The molecule has 0 radical (unpaired) electrons. The van der Waals surface area contributed by atoms with Crippen LogP contribution >= 0.6 is 0 Å². The molecule has 3 aliphatic heterocycles. The standard InChI is InChI=1S/C31H39FN6O3/c1-24(39)33-22-27-21-29(34-41-27)26-9-10-30(28(32)20-26)37-16-18-38(19-17-37)31(40)23-36-14-12-35(13-15-36)11-5-8-25-6-3-2-4-7-25/h2-10,20,27H,11-19,21-23H2,1H3,(H,33,39)/b8-5+. The quantitative estimate of drug-likeness (QED) is 0.506. The zero-order valence-electron chi connectivity index (χ0n) is 23.7. The molecule has 0 bridgehead atoms. The number of nitrogens with one attached hydrogen (secondary N) is 1. The highest BCUT2D eigenvalue weighted by Gasteiger charge is 2.27. The van der Waals surface area contributed by atoms with Crippen molar-refractivity contribution in [1.82, 2.24) is 20.0 Å². The van der Waals surface area contributed by atoms with E-state index in [9.17, 15) is 9.59 Å². The lowest BCUT2D eigenvalue weighted by Crippen LogP contribution is -2.54. The minimum atomic E-state index is -0.313. The molecule has 5 rings (SSSR count). The summed E-state index contributed by atoms with van der Waals surface area (Å²) in [7, 11) is 0. The van der Waals surface area contributed by atoms with Crippen LogP contribution in [0.1, 0.15) is 24.5 Å². The summed E-state index contributed by atoms with van der Waals surface area (Å²) in [6, 6.07) is 15.4. The molecule has 0 saturated carbocycles. The van der Waals surface area contributed by atoms with Crippen molar-refractivity contribution < 1.29 is 18.8 Å². The Morgan fingerprint density at radius 1 is 1.00 bits per heavy atom. The van der Waals surface area contributed by atoms with Crippen LogP contribution in [0.3, 0.4) is 0 Å². The number of rotatable bonds is 9. The molecule has 9 nitrogen and oxygen atoms in total. The monoisotopic (exact) mass is 562 g/mol. The molecule has 2 amide bonds. The van der Waals surface area contributed by atoms with Crippen LogP contribution in [0.4, 0.5) is 10.1 Å². The van der Waals surface area contributed by atoms with Crippen molar-refractivity contribution in [3.63, 3.8) is 0 Å². The lowest BCUT2D eigenvalue weighted by Gasteiger charge is -2.38. The fraction of sp³-hybridized carbons (Fsp3) is 0.452. The Labute approximate surface area is 241 Å². The molecule has 2 saturated heterocycles. The van der Waals surface area contributed by atoms with Crippen LogP contribution < -0.4 is 10.2 Å². The molecule has 0 aliphatic carbocycles. The van der Waals surface area contributed by atoms with E-state index in [1.54, 1.807) is 6.07 Å². The van der Waals surface area contributed by atoms with Crippen molar-refractivity contribution in [3.05, 3.63) is 71.6 Å². The number of amides is 2. The van der Waals surface area contributed by atoms with Gasteiger partial charge in [-0.15, -0.1) is 0 Å². The van der Waals surface area contributed by atoms with E-state index < -0.39 is 0 Å². The number of halogens is 1. The van der Waals surface area contributed by atoms with E-state index in [1.165, 1.54) is 18.6 Å². The smallest absolute Gasteiger partial charge is 0.236 e. The zero-order valence-corrected chi connectivity index (χ0v) is 23.7. The Balaban J connectivity index is 1.03. The largest absolute Gasteiger partial charge is 0.390 e. The van der Waals surface area contributed by atoms with Crippen molar-refractivity contribution in [3.8, 4) is 0 Å². The van der Waals surface area contributed by atoms with E-state index in [4.69, 9.17) is 4.84 Å². The molecule has 3 aliphatic rings. The van der Waals surface area contributed by atoms with Gasteiger partial charge in [-0.1, -0.05) is 53.7 Å². The van der Waals surface area contributed by atoms with Crippen LogP contribution in [0, 0.1) is 5.82 Å². The zero-order chi connectivity index (χ0) is 28.6. The third kappa shape index (κ3) is 7.92. The van der Waals surface area contributed by atoms with Crippen LogP contribution in [0.2, 0.25) is 0 Å². The van der Waals surface area contributed by atoms with Crippen LogP contribution in [-0.4, -0.2) is 110 Å². The minimum Gasteiger partial charge on any atom is -0.390 e.